The van der Waals surface area contributed by atoms with Crippen LogP contribution in [0.4, 0.5) is 4.79 Å². The molecule has 3 heterocycles. The van der Waals surface area contributed by atoms with E-state index in [1.165, 1.54) is 11.2 Å². The highest BCUT2D eigenvalue weighted by Crippen LogP contribution is 2.47. The number of para-hydroxylation sites is 1. The van der Waals surface area contributed by atoms with Crippen LogP contribution in [0.3, 0.4) is 0 Å². The highest BCUT2D eigenvalue weighted by molar-refractivity contribution is 7.91. The number of aromatic nitrogens is 2. The molecule has 2 aromatic rings. The van der Waals surface area contributed by atoms with Gasteiger partial charge < -0.3 is 25.4 Å². The van der Waals surface area contributed by atoms with Crippen LogP contribution in [0.15, 0.2) is 36.7 Å². The van der Waals surface area contributed by atoms with Crippen molar-refractivity contribution >= 4 is 56.3 Å². The third-order valence-corrected chi connectivity index (χ3v) is 12.8. The van der Waals surface area contributed by atoms with Gasteiger partial charge in [-0.05, 0) is 69.4 Å². The predicted molar refractivity (Wildman–Crippen MR) is 179 cm³/mol. The van der Waals surface area contributed by atoms with Crippen LogP contribution in [0, 0.1) is 17.8 Å². The van der Waals surface area contributed by atoms with Crippen molar-refractivity contribution in [1.82, 2.24) is 30.2 Å². The van der Waals surface area contributed by atoms with Crippen LogP contribution in [0.1, 0.15) is 65.7 Å². The summed E-state index contributed by atoms with van der Waals surface area (Å²) in [6, 6.07) is 2.79. The zero-order valence-corrected chi connectivity index (χ0v) is 29.1. The average Bonchev–Trinajstić information content (AvgIpc) is 3.92. The van der Waals surface area contributed by atoms with Crippen molar-refractivity contribution in [3.05, 3.63) is 41.7 Å². The third kappa shape index (κ3) is 6.91. The van der Waals surface area contributed by atoms with E-state index in [0.717, 1.165) is 6.42 Å². The lowest BCUT2D eigenvalue weighted by molar-refractivity contribution is -0.142. The van der Waals surface area contributed by atoms with Crippen LogP contribution in [-0.4, -0.2) is 87.2 Å². The minimum Gasteiger partial charge on any atom is -0.472 e. The Morgan fingerprint density at radius 1 is 1.16 bits per heavy atom. The number of hydrogen-bond acceptors (Lipinski definition) is 9. The fraction of sp³-hybridized carbons (Fsp3) is 0.576. The molecule has 2 saturated carbocycles. The number of rotatable bonds is 6. The molecule has 3 fully saturated rings. The summed E-state index contributed by atoms with van der Waals surface area (Å²) in [7, 11) is -4.00. The van der Waals surface area contributed by atoms with Gasteiger partial charge in [0.15, 0.2) is 0 Å². The number of carbonyl (C=O) groups excluding carboxylic acids is 3. The highest BCUT2D eigenvalue weighted by Gasteiger charge is 2.63. The van der Waals surface area contributed by atoms with Crippen LogP contribution >= 0.6 is 11.6 Å². The number of carboxylic acid groups (broad SMARTS) is 1. The van der Waals surface area contributed by atoms with Gasteiger partial charge in [-0.2, -0.15) is 0 Å². The number of carbonyl (C=O) groups is 4. The van der Waals surface area contributed by atoms with Crippen molar-refractivity contribution in [3.8, 4) is 5.88 Å². The molecule has 264 valence electrons. The number of benzene rings is 1. The van der Waals surface area contributed by atoms with Gasteiger partial charge in [-0.25, -0.2) is 23.2 Å². The quantitative estimate of drug-likeness (QED) is 0.322. The summed E-state index contributed by atoms with van der Waals surface area (Å²) >= 11 is 6.34. The summed E-state index contributed by atoms with van der Waals surface area (Å²) in [4.78, 5) is 63.9. The van der Waals surface area contributed by atoms with Gasteiger partial charge in [0.2, 0.25) is 27.7 Å². The van der Waals surface area contributed by atoms with Crippen molar-refractivity contribution in [1.29, 1.82) is 0 Å². The van der Waals surface area contributed by atoms with Gasteiger partial charge in [0.25, 0.3) is 5.91 Å². The largest absolute Gasteiger partial charge is 0.472 e. The van der Waals surface area contributed by atoms with Crippen LogP contribution in [-0.2, 0) is 24.4 Å². The standard InChI is InChI=1S/C33H41ClN6O8S/c1-18-7-4-5-8-20-15-33(20,30(43)39-49(46,47)32(3)11-12-32)38-27(41)24-14-21(16-40(24)29(42)25(19(2)13-18)37-31(44)45)48-28-22-9-6-10-23(34)26(22)35-17-36-28/h5-6,8-10,17-21,24-25,37H,4,7,11-16H2,1-3H3,(H,38,41)(H,39,43)(H,44,45)/t18-,19-,20-,21-,24+,25+,33-/m1/s1. The molecule has 0 unspecified atom stereocenters. The Kier molecular flexibility index (Phi) is 9.28. The van der Waals surface area contributed by atoms with Crippen molar-refractivity contribution in [2.75, 3.05) is 6.54 Å². The molecule has 4 aliphatic rings. The van der Waals surface area contributed by atoms with Gasteiger partial charge in [0, 0.05) is 12.3 Å². The van der Waals surface area contributed by atoms with Crippen molar-refractivity contribution in [2.45, 2.75) is 94.2 Å². The van der Waals surface area contributed by atoms with E-state index in [4.69, 9.17) is 16.3 Å². The molecule has 0 radical (unpaired) electrons. The maximum atomic E-state index is 14.3. The molecular formula is C33H41ClN6O8S. The highest BCUT2D eigenvalue weighted by atomic mass is 35.5. The molecule has 7 atom stereocenters. The zero-order chi connectivity index (χ0) is 35.3. The van der Waals surface area contributed by atoms with Crippen LogP contribution < -0.4 is 20.1 Å². The molecule has 16 heteroatoms. The van der Waals surface area contributed by atoms with E-state index in [1.54, 1.807) is 32.0 Å². The van der Waals surface area contributed by atoms with Crippen LogP contribution in [0.2, 0.25) is 5.02 Å². The Hall–Kier alpha value is -3.98. The van der Waals surface area contributed by atoms with Crippen molar-refractivity contribution in [3.63, 3.8) is 0 Å². The third-order valence-electron chi connectivity index (χ3n) is 10.4. The second kappa shape index (κ2) is 13.0. The summed E-state index contributed by atoms with van der Waals surface area (Å²) in [5, 5.41) is 15.8. The molecule has 0 bridgehead atoms. The second-order valence-electron chi connectivity index (χ2n) is 14.2. The van der Waals surface area contributed by atoms with E-state index in [2.05, 4.69) is 25.3 Å². The second-order valence-corrected chi connectivity index (χ2v) is 16.8. The minimum atomic E-state index is -4.00. The number of ether oxygens (including phenoxy) is 1. The molecule has 2 aliphatic heterocycles. The fourth-order valence-corrected chi connectivity index (χ4v) is 8.54. The minimum absolute atomic E-state index is 0.0111. The first-order chi connectivity index (χ1) is 23.1. The normalized spacial score (nSPS) is 31.4. The lowest BCUT2D eigenvalue weighted by atomic mass is 9.88. The zero-order valence-electron chi connectivity index (χ0n) is 27.5. The van der Waals surface area contributed by atoms with Gasteiger partial charge in [-0.3, -0.25) is 19.1 Å². The predicted octanol–water partition coefficient (Wildman–Crippen LogP) is 3.15. The Bertz CT molecular complexity index is 1820. The lowest BCUT2D eigenvalue weighted by Gasteiger charge is -2.32. The number of amides is 4. The number of fused-ring (bicyclic) bond motifs is 3. The molecule has 49 heavy (non-hydrogen) atoms. The molecule has 1 saturated heterocycles. The first-order valence-corrected chi connectivity index (χ1v) is 18.4. The number of hydrogen-bond donors (Lipinski definition) is 4. The molecule has 4 N–H and O–H groups in total. The molecule has 2 aliphatic carbocycles. The average molecular weight is 717 g/mol. The Labute approximate surface area is 289 Å². The first kappa shape index (κ1) is 34.9. The van der Waals surface area contributed by atoms with E-state index < -0.39 is 74.1 Å². The number of nitrogens with one attached hydrogen (secondary N) is 3. The van der Waals surface area contributed by atoms with E-state index >= 15 is 0 Å². The summed E-state index contributed by atoms with van der Waals surface area (Å²) in [5.41, 5.74) is -1.09. The van der Waals surface area contributed by atoms with Crippen molar-refractivity contribution < 1.29 is 37.4 Å². The number of sulfonamides is 1. The van der Waals surface area contributed by atoms with Crippen molar-refractivity contribution in [2.24, 2.45) is 17.8 Å². The summed E-state index contributed by atoms with van der Waals surface area (Å²) in [5.74, 6) is -2.67. The molecule has 1 aromatic carbocycles. The van der Waals surface area contributed by atoms with E-state index in [9.17, 15) is 32.7 Å². The van der Waals surface area contributed by atoms with Gasteiger partial charge in [0.05, 0.1) is 27.2 Å². The lowest BCUT2D eigenvalue weighted by Crippen LogP contribution is -2.59. The van der Waals surface area contributed by atoms with E-state index in [1.807, 2.05) is 19.1 Å². The van der Waals surface area contributed by atoms with E-state index in [0.29, 0.717) is 41.6 Å². The maximum absolute atomic E-state index is 14.3. The Balaban J connectivity index is 1.34. The number of nitrogens with zero attached hydrogens (tertiary/aromatic N) is 3. The molecule has 4 amide bonds. The molecule has 6 rings (SSSR count). The fourth-order valence-electron chi connectivity index (χ4n) is 7.01. The maximum Gasteiger partial charge on any atom is 0.405 e. The SMILES string of the molecule is C[C@@H]1CCC=C[C@@H]2C[C@@]2(C(=O)NS(=O)(=O)C2(C)CC2)NC(=O)[C@@H]2C[C@@H](Oc3ncnc4c(Cl)cccc34)CN2C(=O)[C@@H](NC(=O)O)[C@H](C)C1. The summed E-state index contributed by atoms with van der Waals surface area (Å²) in [6.45, 7) is 5.31. The van der Waals surface area contributed by atoms with Gasteiger partial charge in [-0.15, -0.1) is 0 Å². The first-order valence-electron chi connectivity index (χ1n) is 16.6. The topological polar surface area (TPSA) is 197 Å². The summed E-state index contributed by atoms with van der Waals surface area (Å²) in [6.07, 6.45) is 5.86. The van der Waals surface area contributed by atoms with Gasteiger partial charge in [-0.1, -0.05) is 43.7 Å². The monoisotopic (exact) mass is 716 g/mol. The molecule has 1 aromatic heterocycles. The van der Waals surface area contributed by atoms with Gasteiger partial charge >= 0.3 is 6.09 Å². The molecular weight excluding hydrogens is 676 g/mol. The molecule has 0 spiro atoms. The molecule has 14 nitrogen and oxygen atoms in total. The number of halogens is 1. The smallest absolute Gasteiger partial charge is 0.405 e. The van der Waals surface area contributed by atoms with Crippen LogP contribution in [0.5, 0.6) is 5.88 Å². The van der Waals surface area contributed by atoms with Crippen LogP contribution in [0.25, 0.3) is 10.9 Å². The Morgan fingerprint density at radius 3 is 2.63 bits per heavy atom. The van der Waals surface area contributed by atoms with E-state index in [-0.39, 0.29) is 31.2 Å². The summed E-state index contributed by atoms with van der Waals surface area (Å²) < 4.78 is 33.6. The number of allylic oxidation sites excluding steroid dienone is 1. The Morgan fingerprint density at radius 2 is 1.92 bits per heavy atom. The van der Waals surface area contributed by atoms with Gasteiger partial charge in [0.1, 0.15) is 30.1 Å².